The van der Waals surface area contributed by atoms with E-state index in [1.165, 1.54) is 0 Å². The normalized spacial score (nSPS) is 12.8. The highest BCUT2D eigenvalue weighted by molar-refractivity contribution is 7.12. The maximum atomic E-state index is 12.3. The predicted octanol–water partition coefficient (Wildman–Crippen LogP) is 3.17. The summed E-state index contributed by atoms with van der Waals surface area (Å²) in [5, 5.41) is 12.4. The van der Waals surface area contributed by atoms with Gasteiger partial charge in [-0.2, -0.15) is 0 Å². The van der Waals surface area contributed by atoms with Crippen LogP contribution in [-0.4, -0.2) is 25.5 Å². The molecule has 0 unspecified atom stereocenters. The molecule has 6 nitrogen and oxygen atoms in total. The predicted molar refractivity (Wildman–Crippen MR) is 94.7 cm³/mol. The topological polar surface area (TPSA) is 72.2 Å². The molecule has 0 spiro atoms. The van der Waals surface area contributed by atoms with E-state index in [0.717, 1.165) is 34.2 Å². The van der Waals surface area contributed by atoms with Gasteiger partial charge in [0, 0.05) is 23.3 Å². The molecule has 7 heteroatoms. The van der Waals surface area contributed by atoms with Gasteiger partial charge >= 0.3 is 0 Å². The first-order valence-corrected chi connectivity index (χ1v) is 8.69. The number of hydrogen-bond donors (Lipinski definition) is 1. The van der Waals surface area contributed by atoms with Crippen LogP contribution in [0.25, 0.3) is 11.7 Å². The molecule has 3 heterocycles. The molecule has 3 aromatic rings. The van der Waals surface area contributed by atoms with E-state index in [4.69, 9.17) is 0 Å². The van der Waals surface area contributed by atoms with Crippen LogP contribution in [0.15, 0.2) is 36.7 Å². The van der Waals surface area contributed by atoms with Gasteiger partial charge in [-0.3, -0.25) is 9.20 Å². The van der Waals surface area contributed by atoms with Crippen molar-refractivity contribution in [1.29, 1.82) is 0 Å². The van der Waals surface area contributed by atoms with Gasteiger partial charge in [-0.05, 0) is 31.6 Å². The zero-order valence-corrected chi connectivity index (χ0v) is 14.5. The molecule has 3 aromatic heterocycles. The molecule has 0 saturated heterocycles. The number of fused-ring (bicyclic) bond motifs is 1. The van der Waals surface area contributed by atoms with E-state index in [1.54, 1.807) is 29.7 Å². The number of aromatic nitrogens is 4. The second kappa shape index (κ2) is 7.35. The van der Waals surface area contributed by atoms with Gasteiger partial charge in [-0.1, -0.05) is 19.4 Å². The summed E-state index contributed by atoms with van der Waals surface area (Å²) in [7, 11) is 0. The number of hydrogen-bond acceptors (Lipinski definition) is 5. The lowest BCUT2D eigenvalue weighted by Crippen LogP contribution is -2.28. The van der Waals surface area contributed by atoms with Crippen LogP contribution >= 0.6 is 11.3 Å². The Balaban J connectivity index is 1.76. The number of rotatable bonds is 6. The largest absolute Gasteiger partial charge is 0.343 e. The summed E-state index contributed by atoms with van der Waals surface area (Å²) in [5.41, 5.74) is 0.776. The Hall–Kier alpha value is -2.54. The third kappa shape index (κ3) is 3.68. The maximum absolute atomic E-state index is 12.3. The molecule has 0 aliphatic rings. The minimum Gasteiger partial charge on any atom is -0.343 e. The molecule has 0 aliphatic heterocycles. The SMILES string of the molecule is CCC[C@H](NC(=O)/C=C\c1cnc(C)s1)c1nnc2ccccn12. The Kier molecular flexibility index (Phi) is 5.00. The minimum absolute atomic E-state index is 0.146. The summed E-state index contributed by atoms with van der Waals surface area (Å²) < 4.78 is 1.91. The first-order valence-electron chi connectivity index (χ1n) is 7.88. The zero-order chi connectivity index (χ0) is 16.9. The molecule has 124 valence electrons. The number of amides is 1. The average Bonchev–Trinajstić information content (AvgIpc) is 3.18. The van der Waals surface area contributed by atoms with Gasteiger partial charge in [-0.15, -0.1) is 21.5 Å². The fourth-order valence-corrected chi connectivity index (χ4v) is 3.17. The zero-order valence-electron chi connectivity index (χ0n) is 13.6. The molecule has 1 N–H and O–H groups in total. The molecule has 24 heavy (non-hydrogen) atoms. The molecule has 1 atom stereocenters. The molecule has 0 aromatic carbocycles. The van der Waals surface area contributed by atoms with Crippen molar-refractivity contribution in [2.24, 2.45) is 0 Å². The van der Waals surface area contributed by atoms with Gasteiger partial charge in [0.25, 0.3) is 0 Å². The molecule has 3 rings (SSSR count). The van der Waals surface area contributed by atoms with Gasteiger partial charge in [0.05, 0.1) is 11.0 Å². The fourth-order valence-electron chi connectivity index (χ4n) is 2.48. The van der Waals surface area contributed by atoms with Crippen LogP contribution in [0, 0.1) is 6.92 Å². The summed E-state index contributed by atoms with van der Waals surface area (Å²) in [4.78, 5) is 17.4. The number of carbonyl (C=O) groups excluding carboxylic acids is 1. The van der Waals surface area contributed by atoms with Crippen LogP contribution in [0.2, 0.25) is 0 Å². The highest BCUT2D eigenvalue weighted by Crippen LogP contribution is 2.18. The quantitative estimate of drug-likeness (QED) is 0.699. The van der Waals surface area contributed by atoms with Crippen LogP contribution in [0.1, 0.15) is 41.5 Å². The standard InChI is InChI=1S/C17H19N5OS/c1-3-6-14(17-21-20-15-7-4-5-10-22(15)17)19-16(23)9-8-13-11-18-12(2)24-13/h4-5,7-11,14H,3,6H2,1-2H3,(H,19,23)/b9-8-/t14-/m0/s1. The van der Waals surface area contributed by atoms with Crippen molar-refractivity contribution in [3.63, 3.8) is 0 Å². The number of pyridine rings is 1. The number of nitrogens with one attached hydrogen (secondary N) is 1. The lowest BCUT2D eigenvalue weighted by molar-refractivity contribution is -0.117. The van der Waals surface area contributed by atoms with Crippen molar-refractivity contribution in [2.45, 2.75) is 32.7 Å². The van der Waals surface area contributed by atoms with Crippen LogP contribution in [0.5, 0.6) is 0 Å². The minimum atomic E-state index is -0.173. The summed E-state index contributed by atoms with van der Waals surface area (Å²) in [6, 6.07) is 5.57. The van der Waals surface area contributed by atoms with E-state index in [9.17, 15) is 4.79 Å². The Morgan fingerprint density at radius 3 is 3.04 bits per heavy atom. The lowest BCUT2D eigenvalue weighted by atomic mass is 10.1. The molecular weight excluding hydrogens is 322 g/mol. The summed E-state index contributed by atoms with van der Waals surface area (Å²) in [6.45, 7) is 4.02. The van der Waals surface area contributed by atoms with Gasteiger partial charge in [0.15, 0.2) is 11.5 Å². The van der Waals surface area contributed by atoms with Crippen molar-refractivity contribution in [3.05, 3.63) is 52.4 Å². The third-order valence-corrected chi connectivity index (χ3v) is 4.46. The Labute approximate surface area is 144 Å². The average molecular weight is 341 g/mol. The van der Waals surface area contributed by atoms with Gasteiger partial charge < -0.3 is 5.32 Å². The number of nitrogens with zero attached hydrogens (tertiary/aromatic N) is 4. The first-order chi connectivity index (χ1) is 11.7. The van der Waals surface area contributed by atoms with E-state index < -0.39 is 0 Å². The van der Waals surface area contributed by atoms with E-state index in [-0.39, 0.29) is 11.9 Å². The third-order valence-electron chi connectivity index (χ3n) is 3.58. The molecular formula is C17H19N5OS. The van der Waals surface area contributed by atoms with Crippen LogP contribution < -0.4 is 5.32 Å². The van der Waals surface area contributed by atoms with Crippen LogP contribution in [0.4, 0.5) is 0 Å². The van der Waals surface area contributed by atoms with Crippen molar-refractivity contribution in [1.82, 2.24) is 24.9 Å². The van der Waals surface area contributed by atoms with Crippen molar-refractivity contribution < 1.29 is 4.79 Å². The summed E-state index contributed by atoms with van der Waals surface area (Å²) >= 11 is 1.55. The fraction of sp³-hybridized carbons (Fsp3) is 0.294. The van der Waals surface area contributed by atoms with Gasteiger partial charge in [-0.25, -0.2) is 4.98 Å². The first kappa shape index (κ1) is 16.3. The van der Waals surface area contributed by atoms with E-state index in [0.29, 0.717) is 0 Å². The second-order valence-corrected chi connectivity index (χ2v) is 6.72. The van der Waals surface area contributed by atoms with Crippen molar-refractivity contribution in [3.8, 4) is 0 Å². The maximum Gasteiger partial charge on any atom is 0.244 e. The monoisotopic (exact) mass is 341 g/mol. The number of thiazole rings is 1. The molecule has 0 bridgehead atoms. The van der Waals surface area contributed by atoms with Crippen molar-refractivity contribution >= 4 is 29.0 Å². The summed E-state index contributed by atoms with van der Waals surface area (Å²) in [6.07, 6.45) is 8.73. The van der Waals surface area contributed by atoms with E-state index in [1.807, 2.05) is 35.7 Å². The molecule has 0 radical (unpaired) electrons. The highest BCUT2D eigenvalue weighted by Gasteiger charge is 2.18. The van der Waals surface area contributed by atoms with Crippen LogP contribution in [-0.2, 0) is 4.79 Å². The second-order valence-electron chi connectivity index (χ2n) is 5.45. The molecule has 0 fully saturated rings. The number of aryl methyl sites for hydroxylation is 1. The summed E-state index contributed by atoms with van der Waals surface area (Å²) in [5.74, 6) is 0.606. The molecule has 0 aliphatic carbocycles. The van der Waals surface area contributed by atoms with E-state index >= 15 is 0 Å². The Bertz CT molecular complexity index is 867. The lowest BCUT2D eigenvalue weighted by Gasteiger charge is -2.15. The van der Waals surface area contributed by atoms with Gasteiger partial charge in [0.1, 0.15) is 0 Å². The van der Waals surface area contributed by atoms with E-state index in [2.05, 4.69) is 27.4 Å². The molecule has 1 amide bonds. The molecule has 0 saturated carbocycles. The van der Waals surface area contributed by atoms with Crippen molar-refractivity contribution in [2.75, 3.05) is 0 Å². The van der Waals surface area contributed by atoms with Gasteiger partial charge in [0.2, 0.25) is 5.91 Å². The Morgan fingerprint density at radius 2 is 2.29 bits per heavy atom. The Morgan fingerprint density at radius 1 is 1.42 bits per heavy atom. The smallest absolute Gasteiger partial charge is 0.244 e. The number of carbonyl (C=O) groups is 1. The van der Waals surface area contributed by atoms with Crippen LogP contribution in [0.3, 0.4) is 0 Å². The highest BCUT2D eigenvalue weighted by atomic mass is 32.1.